The Balaban J connectivity index is 1.68. The normalized spacial score (nSPS) is 10.8. The zero-order chi connectivity index (χ0) is 27.3. The van der Waals surface area contributed by atoms with Gasteiger partial charge in [0.1, 0.15) is 0 Å². The van der Waals surface area contributed by atoms with Gasteiger partial charge in [-0.25, -0.2) is 0 Å². The SMILES string of the molecule is Cc1cccc(NN(c2cccc(C)c2)c2ccc(-c3ccccc3)c(-c3ccccc3)c2-c2ccccc2)c1. The molecule has 0 aliphatic heterocycles. The van der Waals surface area contributed by atoms with Gasteiger partial charge in [0, 0.05) is 5.56 Å². The Labute approximate surface area is 237 Å². The summed E-state index contributed by atoms with van der Waals surface area (Å²) in [6.45, 7) is 4.26. The number of benzene rings is 6. The lowest BCUT2D eigenvalue weighted by molar-refractivity contribution is 1.16. The summed E-state index contributed by atoms with van der Waals surface area (Å²) in [4.78, 5) is 0. The Hall–Kier alpha value is -5.08. The standard InChI is InChI=1S/C38H32N2/c1-28-14-12-22-33(26-28)39-40(34-23-13-15-29(2)27-34)36-25-24-35(30-16-6-3-7-17-30)37(31-18-8-4-9-19-31)38(36)32-20-10-5-11-21-32/h3-27,39H,1-2H3. The van der Waals surface area contributed by atoms with Gasteiger partial charge < -0.3 is 0 Å². The molecule has 194 valence electrons. The lowest BCUT2D eigenvalue weighted by Gasteiger charge is -2.31. The minimum atomic E-state index is 1.04. The first-order valence-corrected chi connectivity index (χ1v) is 13.7. The number of nitrogens with one attached hydrogen (secondary N) is 1. The fourth-order valence-corrected chi connectivity index (χ4v) is 5.31. The molecule has 0 bridgehead atoms. The Morgan fingerprint density at radius 1 is 0.450 bits per heavy atom. The van der Waals surface area contributed by atoms with Gasteiger partial charge in [-0.1, -0.05) is 121 Å². The number of nitrogens with zero attached hydrogens (tertiary/aromatic N) is 1. The highest BCUT2D eigenvalue weighted by Gasteiger charge is 2.22. The molecule has 0 aliphatic rings. The molecule has 0 radical (unpaired) electrons. The van der Waals surface area contributed by atoms with Crippen LogP contribution in [0.2, 0.25) is 0 Å². The van der Waals surface area contributed by atoms with E-state index in [0.717, 1.165) is 22.6 Å². The summed E-state index contributed by atoms with van der Waals surface area (Å²) >= 11 is 0. The van der Waals surface area contributed by atoms with Crippen LogP contribution in [0, 0.1) is 13.8 Å². The molecule has 2 nitrogen and oxygen atoms in total. The van der Waals surface area contributed by atoms with E-state index in [-0.39, 0.29) is 0 Å². The first kappa shape index (κ1) is 25.2. The molecule has 0 heterocycles. The number of anilines is 3. The molecule has 0 aliphatic carbocycles. The van der Waals surface area contributed by atoms with E-state index >= 15 is 0 Å². The van der Waals surface area contributed by atoms with Gasteiger partial charge in [-0.15, -0.1) is 0 Å². The molecule has 6 aromatic carbocycles. The van der Waals surface area contributed by atoms with Crippen LogP contribution < -0.4 is 10.4 Å². The minimum Gasteiger partial charge on any atom is -0.294 e. The molecule has 2 heteroatoms. The van der Waals surface area contributed by atoms with Gasteiger partial charge in [-0.2, -0.15) is 0 Å². The van der Waals surface area contributed by atoms with E-state index in [9.17, 15) is 0 Å². The van der Waals surface area contributed by atoms with Crippen molar-refractivity contribution in [1.29, 1.82) is 0 Å². The van der Waals surface area contributed by atoms with E-state index in [4.69, 9.17) is 0 Å². The average molecular weight is 517 g/mol. The van der Waals surface area contributed by atoms with Gasteiger partial charge in [0.05, 0.1) is 17.1 Å². The second-order valence-corrected chi connectivity index (χ2v) is 10.1. The fraction of sp³-hybridized carbons (Fsp3) is 0.0526. The Morgan fingerprint density at radius 3 is 1.60 bits per heavy atom. The zero-order valence-electron chi connectivity index (χ0n) is 22.9. The van der Waals surface area contributed by atoms with Crippen molar-refractivity contribution >= 4 is 17.1 Å². The summed E-state index contributed by atoms with van der Waals surface area (Å²) in [5.74, 6) is 0. The lowest BCUT2D eigenvalue weighted by Crippen LogP contribution is -2.25. The number of hydrazine groups is 1. The largest absolute Gasteiger partial charge is 0.294 e. The first-order valence-electron chi connectivity index (χ1n) is 13.7. The van der Waals surface area contributed by atoms with E-state index in [1.165, 1.54) is 38.9 Å². The maximum atomic E-state index is 3.76. The molecule has 0 amide bonds. The molecule has 40 heavy (non-hydrogen) atoms. The smallest absolute Gasteiger partial charge is 0.0715 e. The molecular weight excluding hydrogens is 484 g/mol. The maximum Gasteiger partial charge on any atom is 0.0715 e. The molecule has 0 atom stereocenters. The molecule has 6 rings (SSSR count). The predicted molar refractivity (Wildman–Crippen MR) is 171 cm³/mol. The van der Waals surface area contributed by atoms with Crippen molar-refractivity contribution in [3.63, 3.8) is 0 Å². The van der Waals surface area contributed by atoms with Crippen molar-refractivity contribution in [3.05, 3.63) is 163 Å². The third kappa shape index (κ3) is 5.25. The van der Waals surface area contributed by atoms with Crippen molar-refractivity contribution in [2.24, 2.45) is 0 Å². The molecule has 1 N–H and O–H groups in total. The summed E-state index contributed by atoms with van der Waals surface area (Å²) in [5, 5.41) is 2.23. The van der Waals surface area contributed by atoms with Crippen LogP contribution in [0.4, 0.5) is 17.1 Å². The quantitative estimate of drug-likeness (QED) is 0.212. The van der Waals surface area contributed by atoms with Gasteiger partial charge in [0.25, 0.3) is 0 Å². The van der Waals surface area contributed by atoms with E-state index in [2.05, 4.69) is 176 Å². The number of rotatable bonds is 7. The first-order chi connectivity index (χ1) is 19.7. The summed E-state index contributed by atoms with van der Waals surface area (Å²) in [6, 6.07) is 53.8. The van der Waals surface area contributed by atoms with Gasteiger partial charge in [0.2, 0.25) is 0 Å². The van der Waals surface area contributed by atoms with Crippen LogP contribution >= 0.6 is 0 Å². The van der Waals surface area contributed by atoms with Crippen LogP contribution in [0.1, 0.15) is 11.1 Å². The van der Waals surface area contributed by atoms with Gasteiger partial charge in [-0.3, -0.25) is 10.4 Å². The molecule has 0 saturated heterocycles. The summed E-state index contributed by atoms with van der Waals surface area (Å²) < 4.78 is 0. The van der Waals surface area contributed by atoms with Crippen LogP contribution in [-0.4, -0.2) is 0 Å². The predicted octanol–water partition coefficient (Wildman–Crippen LogP) is 10.5. The van der Waals surface area contributed by atoms with Gasteiger partial charge in [0.15, 0.2) is 0 Å². The third-order valence-corrected chi connectivity index (χ3v) is 7.15. The molecule has 6 aromatic rings. The van der Waals surface area contributed by atoms with E-state index in [1.807, 2.05) is 0 Å². The van der Waals surface area contributed by atoms with Crippen LogP contribution in [0.5, 0.6) is 0 Å². The highest BCUT2D eigenvalue weighted by Crippen LogP contribution is 2.47. The number of hydrogen-bond acceptors (Lipinski definition) is 2. The summed E-state index contributed by atoms with van der Waals surface area (Å²) in [5.41, 5.74) is 16.5. The molecule has 0 aromatic heterocycles. The van der Waals surface area contributed by atoms with Crippen molar-refractivity contribution < 1.29 is 0 Å². The highest BCUT2D eigenvalue weighted by atomic mass is 15.5. The summed E-state index contributed by atoms with van der Waals surface area (Å²) in [7, 11) is 0. The highest BCUT2D eigenvalue weighted by molar-refractivity contribution is 6.01. The second-order valence-electron chi connectivity index (χ2n) is 10.1. The van der Waals surface area contributed by atoms with Gasteiger partial charge in [-0.05, 0) is 83.1 Å². The van der Waals surface area contributed by atoms with Crippen LogP contribution in [0.15, 0.2) is 152 Å². The number of aryl methyl sites for hydroxylation is 2. The van der Waals surface area contributed by atoms with Crippen molar-refractivity contribution in [3.8, 4) is 33.4 Å². The zero-order valence-corrected chi connectivity index (χ0v) is 22.9. The third-order valence-electron chi connectivity index (χ3n) is 7.15. The molecule has 0 unspecified atom stereocenters. The van der Waals surface area contributed by atoms with Crippen LogP contribution in [0.25, 0.3) is 33.4 Å². The molecule has 0 spiro atoms. The Bertz CT molecular complexity index is 1720. The summed E-state index contributed by atoms with van der Waals surface area (Å²) in [6.07, 6.45) is 0. The van der Waals surface area contributed by atoms with Crippen molar-refractivity contribution in [1.82, 2.24) is 0 Å². The van der Waals surface area contributed by atoms with Crippen molar-refractivity contribution in [2.45, 2.75) is 13.8 Å². The fourth-order valence-electron chi connectivity index (χ4n) is 5.31. The monoisotopic (exact) mass is 516 g/mol. The van der Waals surface area contributed by atoms with Crippen LogP contribution in [-0.2, 0) is 0 Å². The van der Waals surface area contributed by atoms with E-state index in [1.54, 1.807) is 0 Å². The average Bonchev–Trinajstić information content (AvgIpc) is 3.00. The Morgan fingerprint density at radius 2 is 1.00 bits per heavy atom. The Kier molecular flexibility index (Phi) is 7.15. The number of hydrogen-bond donors (Lipinski definition) is 1. The molecular formula is C38H32N2. The van der Waals surface area contributed by atoms with Crippen molar-refractivity contribution in [2.75, 3.05) is 10.4 Å². The molecule has 0 saturated carbocycles. The van der Waals surface area contributed by atoms with Crippen LogP contribution in [0.3, 0.4) is 0 Å². The second kappa shape index (κ2) is 11.3. The van der Waals surface area contributed by atoms with Gasteiger partial charge >= 0.3 is 0 Å². The molecule has 0 fully saturated rings. The van der Waals surface area contributed by atoms with E-state index in [0.29, 0.717) is 0 Å². The minimum absolute atomic E-state index is 1.04. The lowest BCUT2D eigenvalue weighted by atomic mass is 9.86. The maximum absolute atomic E-state index is 3.76. The topological polar surface area (TPSA) is 15.3 Å². The van der Waals surface area contributed by atoms with E-state index < -0.39 is 0 Å².